The number of aliphatic hydroxyl groups excluding tert-OH is 1. The second-order valence-electron chi connectivity index (χ2n) is 10.2. The Morgan fingerprint density at radius 2 is 1.76 bits per heavy atom. The van der Waals surface area contributed by atoms with Crippen molar-refractivity contribution in [1.82, 2.24) is 9.80 Å². The van der Waals surface area contributed by atoms with Crippen LogP contribution in [0.1, 0.15) is 34.7 Å². The van der Waals surface area contributed by atoms with Crippen molar-refractivity contribution in [2.45, 2.75) is 26.0 Å². The molecule has 2 aliphatic heterocycles. The molecule has 1 atom stereocenters. The lowest BCUT2D eigenvalue weighted by atomic mass is 9.94. The molecule has 7 nitrogen and oxygen atoms in total. The molecule has 0 bridgehead atoms. The van der Waals surface area contributed by atoms with Crippen LogP contribution in [0.3, 0.4) is 0 Å². The van der Waals surface area contributed by atoms with Crippen molar-refractivity contribution in [3.8, 4) is 5.75 Å². The van der Waals surface area contributed by atoms with Crippen LogP contribution in [0.15, 0.2) is 72.3 Å². The van der Waals surface area contributed by atoms with Crippen molar-refractivity contribution in [2.24, 2.45) is 0 Å². The van der Waals surface area contributed by atoms with E-state index in [1.165, 1.54) is 4.90 Å². The summed E-state index contributed by atoms with van der Waals surface area (Å²) in [5.74, 6) is -1.00. The number of hydrogen-bond acceptors (Lipinski definition) is 6. The van der Waals surface area contributed by atoms with E-state index in [0.29, 0.717) is 59.7 Å². The third-order valence-corrected chi connectivity index (χ3v) is 8.02. The highest BCUT2D eigenvalue weighted by Crippen LogP contribution is 2.42. The predicted molar refractivity (Wildman–Crippen MR) is 159 cm³/mol. The van der Waals surface area contributed by atoms with Gasteiger partial charge >= 0.3 is 0 Å². The summed E-state index contributed by atoms with van der Waals surface area (Å²) in [6.45, 7) is 6.38. The van der Waals surface area contributed by atoms with Crippen LogP contribution in [-0.2, 0) is 20.9 Å². The molecule has 2 aliphatic rings. The van der Waals surface area contributed by atoms with Crippen molar-refractivity contribution in [2.75, 3.05) is 39.4 Å². The number of aryl methyl sites for hydroxylation is 1. The molecule has 0 aliphatic carbocycles. The zero-order valence-electron chi connectivity index (χ0n) is 22.8. The number of ether oxygens (including phenoxy) is 2. The largest absolute Gasteiger partial charge is 0.507 e. The van der Waals surface area contributed by atoms with E-state index in [1.54, 1.807) is 36.4 Å². The standard InChI is InChI=1S/C32H32Cl2N2O5/c1-21-18-23(8-11-27(21)41-20-22-6-3-2-4-7-22)30(37)28-29(25-10-9-24(33)19-26(25)34)36(32(39)31(28)38)13-5-12-35-14-16-40-17-15-35/h2-4,6-11,18-19,29,37H,5,12-17,20H2,1H3/b30-28+/t29-/m0/s1. The van der Waals surface area contributed by atoms with Gasteiger partial charge in [-0.3, -0.25) is 14.5 Å². The molecule has 9 heteroatoms. The van der Waals surface area contributed by atoms with Crippen LogP contribution in [0.2, 0.25) is 10.0 Å². The third kappa shape index (κ3) is 6.60. The van der Waals surface area contributed by atoms with Gasteiger partial charge in [0.05, 0.1) is 24.8 Å². The molecule has 0 radical (unpaired) electrons. The Balaban J connectivity index is 1.44. The fourth-order valence-electron chi connectivity index (χ4n) is 5.30. The molecular formula is C32H32Cl2N2O5. The van der Waals surface area contributed by atoms with Gasteiger partial charge in [0.25, 0.3) is 11.7 Å². The highest BCUT2D eigenvalue weighted by atomic mass is 35.5. The van der Waals surface area contributed by atoms with Crippen LogP contribution < -0.4 is 4.74 Å². The van der Waals surface area contributed by atoms with Gasteiger partial charge in [0.15, 0.2) is 0 Å². The van der Waals surface area contributed by atoms with Crippen LogP contribution in [0.4, 0.5) is 0 Å². The smallest absolute Gasteiger partial charge is 0.295 e. The first-order valence-electron chi connectivity index (χ1n) is 13.6. The molecule has 3 aromatic carbocycles. The first kappa shape index (κ1) is 29.1. The van der Waals surface area contributed by atoms with Gasteiger partial charge in [0, 0.05) is 41.8 Å². The molecular weight excluding hydrogens is 563 g/mol. The molecule has 0 aromatic heterocycles. The maximum atomic E-state index is 13.4. The average Bonchev–Trinajstić information content (AvgIpc) is 3.22. The summed E-state index contributed by atoms with van der Waals surface area (Å²) < 4.78 is 11.4. The Kier molecular flexibility index (Phi) is 9.30. The minimum Gasteiger partial charge on any atom is -0.507 e. The van der Waals surface area contributed by atoms with Crippen LogP contribution in [0, 0.1) is 6.92 Å². The second-order valence-corrected chi connectivity index (χ2v) is 11.1. The van der Waals surface area contributed by atoms with E-state index in [2.05, 4.69) is 4.90 Å². The Hall–Kier alpha value is -3.36. The molecule has 0 unspecified atom stereocenters. The van der Waals surface area contributed by atoms with Gasteiger partial charge in [-0.2, -0.15) is 0 Å². The van der Waals surface area contributed by atoms with E-state index in [0.717, 1.165) is 30.8 Å². The SMILES string of the molecule is Cc1cc(/C(O)=C2\C(=O)C(=O)N(CCCN3CCOCC3)[C@H]2c2ccc(Cl)cc2Cl)ccc1OCc1ccccc1. The van der Waals surface area contributed by atoms with Crippen molar-refractivity contribution in [3.05, 3.63) is 105 Å². The number of carbonyl (C=O) groups is 2. The number of amides is 1. The van der Waals surface area contributed by atoms with Crippen molar-refractivity contribution < 1.29 is 24.2 Å². The third-order valence-electron chi connectivity index (χ3n) is 7.46. The maximum absolute atomic E-state index is 13.4. The molecule has 3 aromatic rings. The van der Waals surface area contributed by atoms with Gasteiger partial charge in [-0.05, 0) is 60.4 Å². The molecule has 41 heavy (non-hydrogen) atoms. The van der Waals surface area contributed by atoms with E-state index in [-0.39, 0.29) is 11.3 Å². The Bertz CT molecular complexity index is 1450. The van der Waals surface area contributed by atoms with Crippen molar-refractivity contribution in [1.29, 1.82) is 0 Å². The van der Waals surface area contributed by atoms with Crippen LogP contribution in [-0.4, -0.2) is 66.0 Å². The number of morpholine rings is 1. The summed E-state index contributed by atoms with van der Waals surface area (Å²) in [6, 6.07) is 19.1. The highest BCUT2D eigenvalue weighted by molar-refractivity contribution is 6.47. The van der Waals surface area contributed by atoms with Crippen LogP contribution in [0.25, 0.3) is 5.76 Å². The monoisotopic (exact) mass is 594 g/mol. The fraction of sp³-hybridized carbons (Fsp3) is 0.312. The molecule has 1 N–H and O–H groups in total. The van der Waals surface area contributed by atoms with Crippen LogP contribution >= 0.6 is 23.2 Å². The van der Waals surface area contributed by atoms with E-state index < -0.39 is 17.7 Å². The zero-order chi connectivity index (χ0) is 28.9. The predicted octanol–water partition coefficient (Wildman–Crippen LogP) is 6.02. The molecule has 0 saturated carbocycles. The molecule has 0 spiro atoms. The number of halogens is 2. The first-order valence-corrected chi connectivity index (χ1v) is 14.4. The number of aliphatic hydroxyl groups is 1. The quantitative estimate of drug-likeness (QED) is 0.185. The Labute approximate surface area is 249 Å². The molecule has 2 fully saturated rings. The lowest BCUT2D eigenvalue weighted by Gasteiger charge is -2.29. The maximum Gasteiger partial charge on any atom is 0.295 e. The van der Waals surface area contributed by atoms with Gasteiger partial charge in [-0.15, -0.1) is 0 Å². The van der Waals surface area contributed by atoms with E-state index in [9.17, 15) is 14.7 Å². The van der Waals surface area contributed by atoms with Gasteiger partial charge in [-0.25, -0.2) is 0 Å². The molecule has 214 valence electrons. The minimum atomic E-state index is -0.848. The lowest BCUT2D eigenvalue weighted by molar-refractivity contribution is -0.140. The van der Waals surface area contributed by atoms with Crippen molar-refractivity contribution >= 4 is 40.7 Å². The normalized spacial score (nSPS) is 19.1. The summed E-state index contributed by atoms with van der Waals surface area (Å²) in [7, 11) is 0. The van der Waals surface area contributed by atoms with Crippen molar-refractivity contribution in [3.63, 3.8) is 0 Å². The minimum absolute atomic E-state index is 0.00273. The lowest BCUT2D eigenvalue weighted by Crippen LogP contribution is -2.39. The summed E-state index contributed by atoms with van der Waals surface area (Å²) in [6.07, 6.45) is 0.654. The zero-order valence-corrected chi connectivity index (χ0v) is 24.3. The van der Waals surface area contributed by atoms with E-state index in [1.807, 2.05) is 37.3 Å². The number of ketones is 1. The summed E-state index contributed by atoms with van der Waals surface area (Å²) >= 11 is 12.8. The van der Waals surface area contributed by atoms with Gasteiger partial charge < -0.3 is 19.5 Å². The Morgan fingerprint density at radius 3 is 2.46 bits per heavy atom. The highest BCUT2D eigenvalue weighted by Gasteiger charge is 2.46. The number of hydrogen-bond donors (Lipinski definition) is 1. The van der Waals surface area contributed by atoms with Gasteiger partial charge in [0.1, 0.15) is 18.1 Å². The molecule has 1 amide bonds. The molecule has 5 rings (SSSR count). The van der Waals surface area contributed by atoms with Gasteiger partial charge in [-0.1, -0.05) is 59.6 Å². The number of carbonyl (C=O) groups excluding carboxylic acids is 2. The van der Waals surface area contributed by atoms with E-state index >= 15 is 0 Å². The van der Waals surface area contributed by atoms with Crippen LogP contribution in [0.5, 0.6) is 5.75 Å². The number of Topliss-reactive ketones (excluding diaryl/α,β-unsaturated/α-hetero) is 1. The first-order chi connectivity index (χ1) is 19.8. The Morgan fingerprint density at radius 1 is 1.00 bits per heavy atom. The number of nitrogens with zero attached hydrogens (tertiary/aromatic N) is 2. The van der Waals surface area contributed by atoms with E-state index in [4.69, 9.17) is 32.7 Å². The number of benzene rings is 3. The van der Waals surface area contributed by atoms with Gasteiger partial charge in [0.2, 0.25) is 0 Å². The number of likely N-dealkylation sites (tertiary alicyclic amines) is 1. The molecule has 2 saturated heterocycles. The average molecular weight is 596 g/mol. The second kappa shape index (κ2) is 13.1. The number of rotatable bonds is 9. The molecule has 2 heterocycles. The summed E-state index contributed by atoms with van der Waals surface area (Å²) in [4.78, 5) is 30.6. The fourth-order valence-corrected chi connectivity index (χ4v) is 5.81. The summed E-state index contributed by atoms with van der Waals surface area (Å²) in [5, 5.41) is 12.3. The summed E-state index contributed by atoms with van der Waals surface area (Å²) in [5.41, 5.74) is 2.76. The topological polar surface area (TPSA) is 79.3 Å².